The zero-order valence-electron chi connectivity index (χ0n) is 12.9. The van der Waals surface area contributed by atoms with Crippen molar-refractivity contribution >= 4 is 10.0 Å². The molecule has 3 rings (SSSR count). The Morgan fingerprint density at radius 1 is 1.24 bits per heavy atom. The smallest absolute Gasteiger partial charge is 0.244 e. The van der Waals surface area contributed by atoms with Gasteiger partial charge in [-0.05, 0) is 58.0 Å². The predicted molar refractivity (Wildman–Crippen MR) is 80.5 cm³/mol. The highest BCUT2D eigenvalue weighted by molar-refractivity contribution is 7.89. The van der Waals surface area contributed by atoms with Gasteiger partial charge in [-0.3, -0.25) is 4.68 Å². The average Bonchev–Trinajstić information content (AvgIpc) is 2.94. The van der Waals surface area contributed by atoms with Gasteiger partial charge in [-0.1, -0.05) is 0 Å². The lowest BCUT2D eigenvalue weighted by atomic mass is 9.79. The third kappa shape index (κ3) is 2.74. The Labute approximate surface area is 126 Å². The van der Waals surface area contributed by atoms with Crippen molar-refractivity contribution < 1.29 is 8.42 Å². The first-order valence-corrected chi connectivity index (χ1v) is 9.10. The Balaban J connectivity index is 1.77. The standard InChI is InChI=1S/C14H24N4O2S/c1-9-14(10(2)18(3)16-9)21(19,20)17-13-5-4-11-7-15-8-12(11)6-13/h11-13,15,17H,4-8H2,1-3H3/t11-,12+,13?/m0/s1. The van der Waals surface area contributed by atoms with Gasteiger partial charge in [-0.2, -0.15) is 5.10 Å². The number of nitrogens with zero attached hydrogens (tertiary/aromatic N) is 2. The molecule has 118 valence electrons. The van der Waals surface area contributed by atoms with E-state index in [1.54, 1.807) is 25.6 Å². The molecule has 2 heterocycles. The summed E-state index contributed by atoms with van der Waals surface area (Å²) in [5.41, 5.74) is 1.26. The van der Waals surface area contributed by atoms with Gasteiger partial charge in [-0.15, -0.1) is 0 Å². The van der Waals surface area contributed by atoms with E-state index in [-0.39, 0.29) is 6.04 Å². The predicted octanol–water partition coefficient (Wildman–Crippen LogP) is 0.703. The molecule has 7 heteroatoms. The Bertz CT molecular complexity index is 638. The Morgan fingerprint density at radius 3 is 2.62 bits per heavy atom. The summed E-state index contributed by atoms with van der Waals surface area (Å²) in [5, 5.41) is 7.62. The number of aryl methyl sites for hydroxylation is 2. The number of hydrogen-bond donors (Lipinski definition) is 2. The van der Waals surface area contributed by atoms with E-state index in [9.17, 15) is 8.42 Å². The number of sulfonamides is 1. The van der Waals surface area contributed by atoms with Crippen LogP contribution in [-0.4, -0.2) is 37.3 Å². The second-order valence-corrected chi connectivity index (χ2v) is 8.08. The maximum atomic E-state index is 12.7. The van der Waals surface area contributed by atoms with E-state index in [1.807, 2.05) is 0 Å². The first-order chi connectivity index (χ1) is 9.88. The normalized spacial score (nSPS) is 29.6. The Kier molecular flexibility index (Phi) is 3.83. The van der Waals surface area contributed by atoms with Crippen molar-refractivity contribution in [1.82, 2.24) is 19.8 Å². The molecular weight excluding hydrogens is 288 g/mol. The monoisotopic (exact) mass is 312 g/mol. The molecule has 2 N–H and O–H groups in total. The van der Waals surface area contributed by atoms with E-state index in [0.717, 1.165) is 38.3 Å². The molecule has 1 aliphatic heterocycles. The van der Waals surface area contributed by atoms with Crippen LogP contribution in [-0.2, 0) is 17.1 Å². The van der Waals surface area contributed by atoms with Crippen molar-refractivity contribution in [2.75, 3.05) is 13.1 Å². The molecule has 0 radical (unpaired) electrons. The van der Waals surface area contributed by atoms with E-state index in [2.05, 4.69) is 15.1 Å². The summed E-state index contributed by atoms with van der Waals surface area (Å²) in [6.07, 6.45) is 2.98. The van der Waals surface area contributed by atoms with Crippen LogP contribution in [0.25, 0.3) is 0 Å². The maximum Gasteiger partial charge on any atom is 0.244 e. The molecule has 1 aromatic rings. The van der Waals surface area contributed by atoms with Crippen molar-refractivity contribution in [3.8, 4) is 0 Å². The summed E-state index contributed by atoms with van der Waals surface area (Å²) in [4.78, 5) is 0.344. The molecule has 0 spiro atoms. The highest BCUT2D eigenvalue weighted by Crippen LogP contribution is 2.33. The van der Waals surface area contributed by atoms with E-state index in [0.29, 0.717) is 22.2 Å². The molecule has 1 saturated carbocycles. The molecule has 2 fully saturated rings. The number of hydrogen-bond acceptors (Lipinski definition) is 4. The van der Waals surface area contributed by atoms with Crippen LogP contribution in [0.3, 0.4) is 0 Å². The number of fused-ring (bicyclic) bond motifs is 1. The fourth-order valence-electron chi connectivity index (χ4n) is 3.83. The lowest BCUT2D eigenvalue weighted by Gasteiger charge is -2.31. The van der Waals surface area contributed by atoms with E-state index >= 15 is 0 Å². The van der Waals surface area contributed by atoms with Gasteiger partial charge in [0.25, 0.3) is 0 Å². The minimum absolute atomic E-state index is 0.0511. The van der Waals surface area contributed by atoms with Gasteiger partial charge >= 0.3 is 0 Å². The van der Waals surface area contributed by atoms with Crippen LogP contribution >= 0.6 is 0 Å². The SMILES string of the molecule is Cc1nn(C)c(C)c1S(=O)(=O)NC1CC[C@H]2CNC[C@H]2C1. The van der Waals surface area contributed by atoms with E-state index in [1.165, 1.54) is 0 Å². The van der Waals surface area contributed by atoms with Gasteiger partial charge in [0.1, 0.15) is 4.90 Å². The molecule has 3 atom stereocenters. The Morgan fingerprint density at radius 2 is 1.95 bits per heavy atom. The van der Waals surface area contributed by atoms with Crippen LogP contribution in [0.15, 0.2) is 4.90 Å². The molecule has 0 amide bonds. The van der Waals surface area contributed by atoms with Crippen LogP contribution in [0.5, 0.6) is 0 Å². The highest BCUT2D eigenvalue weighted by atomic mass is 32.2. The first kappa shape index (κ1) is 15.0. The lowest BCUT2D eigenvalue weighted by molar-refractivity contribution is 0.260. The van der Waals surface area contributed by atoms with Crippen molar-refractivity contribution in [3.63, 3.8) is 0 Å². The second-order valence-electron chi connectivity index (χ2n) is 6.43. The van der Waals surface area contributed by atoms with Gasteiger partial charge in [-0.25, -0.2) is 13.1 Å². The summed E-state index contributed by atoms with van der Waals surface area (Å²) >= 11 is 0. The number of aromatic nitrogens is 2. The summed E-state index contributed by atoms with van der Waals surface area (Å²) in [6.45, 7) is 5.66. The largest absolute Gasteiger partial charge is 0.316 e. The van der Waals surface area contributed by atoms with Crippen LogP contribution in [0.4, 0.5) is 0 Å². The third-order valence-electron chi connectivity index (χ3n) is 4.99. The molecule has 1 aliphatic carbocycles. The van der Waals surface area contributed by atoms with Gasteiger partial charge in [0.2, 0.25) is 10.0 Å². The molecule has 1 saturated heterocycles. The summed E-state index contributed by atoms with van der Waals surface area (Å²) in [6, 6.07) is 0.0511. The van der Waals surface area contributed by atoms with E-state index < -0.39 is 10.0 Å². The number of nitrogens with one attached hydrogen (secondary N) is 2. The Hall–Kier alpha value is -0.920. The molecule has 6 nitrogen and oxygen atoms in total. The quantitative estimate of drug-likeness (QED) is 0.861. The van der Waals surface area contributed by atoms with Crippen LogP contribution in [0.1, 0.15) is 30.7 Å². The molecule has 0 aromatic carbocycles. The fourth-order valence-corrected chi connectivity index (χ4v) is 5.55. The van der Waals surface area contributed by atoms with Crippen molar-refractivity contribution in [2.24, 2.45) is 18.9 Å². The molecular formula is C14H24N4O2S. The molecule has 1 unspecified atom stereocenters. The van der Waals surface area contributed by atoms with Crippen molar-refractivity contribution in [2.45, 2.75) is 44.0 Å². The van der Waals surface area contributed by atoms with Crippen LogP contribution in [0, 0.1) is 25.7 Å². The second kappa shape index (κ2) is 5.37. The highest BCUT2D eigenvalue weighted by Gasteiger charge is 2.36. The van der Waals surface area contributed by atoms with Gasteiger partial charge in [0, 0.05) is 13.1 Å². The minimum atomic E-state index is -3.48. The molecule has 1 aromatic heterocycles. The van der Waals surface area contributed by atoms with Crippen LogP contribution < -0.4 is 10.0 Å². The van der Waals surface area contributed by atoms with Crippen molar-refractivity contribution in [3.05, 3.63) is 11.4 Å². The summed E-state index contributed by atoms with van der Waals surface area (Å²) in [7, 11) is -1.71. The average molecular weight is 312 g/mol. The summed E-state index contributed by atoms with van der Waals surface area (Å²) < 4.78 is 29.9. The molecule has 2 aliphatic rings. The van der Waals surface area contributed by atoms with Gasteiger partial charge < -0.3 is 5.32 Å². The molecule has 21 heavy (non-hydrogen) atoms. The first-order valence-electron chi connectivity index (χ1n) is 7.61. The maximum absolute atomic E-state index is 12.7. The number of rotatable bonds is 3. The minimum Gasteiger partial charge on any atom is -0.316 e. The lowest BCUT2D eigenvalue weighted by Crippen LogP contribution is -2.40. The zero-order chi connectivity index (χ0) is 15.2. The van der Waals surface area contributed by atoms with Crippen LogP contribution in [0.2, 0.25) is 0 Å². The third-order valence-corrected chi connectivity index (χ3v) is 6.76. The topological polar surface area (TPSA) is 76.0 Å². The fraction of sp³-hybridized carbons (Fsp3) is 0.786. The molecule has 0 bridgehead atoms. The van der Waals surface area contributed by atoms with E-state index in [4.69, 9.17) is 0 Å². The van der Waals surface area contributed by atoms with Crippen molar-refractivity contribution in [1.29, 1.82) is 0 Å². The van der Waals surface area contributed by atoms with Gasteiger partial charge in [0.15, 0.2) is 0 Å². The summed E-state index contributed by atoms with van der Waals surface area (Å²) in [5.74, 6) is 1.34. The van der Waals surface area contributed by atoms with Gasteiger partial charge in [0.05, 0.1) is 11.4 Å². The zero-order valence-corrected chi connectivity index (χ0v) is 13.7.